The van der Waals surface area contributed by atoms with Crippen LogP contribution in [0.1, 0.15) is 11.1 Å². The Bertz CT molecular complexity index is 546. The summed E-state index contributed by atoms with van der Waals surface area (Å²) in [5, 5.41) is 0. The molecule has 0 saturated heterocycles. The predicted molar refractivity (Wildman–Crippen MR) is 68.4 cm³/mol. The molecule has 3 rings (SSSR count). The summed E-state index contributed by atoms with van der Waals surface area (Å²) in [6.07, 6.45) is 0.876. The van der Waals surface area contributed by atoms with Crippen LogP contribution in [0.3, 0.4) is 0 Å². The van der Waals surface area contributed by atoms with Gasteiger partial charge in [-0.3, -0.25) is 0 Å². The van der Waals surface area contributed by atoms with E-state index < -0.39 is 0 Å². The lowest BCUT2D eigenvalue weighted by atomic mass is 10.0. The maximum Gasteiger partial charge on any atom is 0.231 e. The van der Waals surface area contributed by atoms with E-state index in [9.17, 15) is 0 Å². The lowest BCUT2D eigenvalue weighted by molar-refractivity contribution is 0.174. The summed E-state index contributed by atoms with van der Waals surface area (Å²) >= 11 is 0. The Morgan fingerprint density at radius 1 is 0.944 bits per heavy atom. The van der Waals surface area contributed by atoms with Crippen LogP contribution >= 0.6 is 0 Å². The van der Waals surface area contributed by atoms with Crippen molar-refractivity contribution in [3.63, 3.8) is 0 Å². The molecule has 0 saturated carbocycles. The Balaban J connectivity index is 1.79. The zero-order valence-electron chi connectivity index (χ0n) is 10.2. The van der Waals surface area contributed by atoms with E-state index in [0.717, 1.165) is 23.7 Å². The molecule has 0 unspecified atom stereocenters. The minimum absolute atomic E-state index is 0.321. The topological polar surface area (TPSA) is 27.7 Å². The van der Waals surface area contributed by atoms with Gasteiger partial charge in [0.25, 0.3) is 0 Å². The quantitative estimate of drug-likeness (QED) is 0.828. The average molecular weight is 242 g/mol. The summed E-state index contributed by atoms with van der Waals surface area (Å²) < 4.78 is 15.8. The van der Waals surface area contributed by atoms with Crippen LogP contribution in [0.4, 0.5) is 0 Å². The van der Waals surface area contributed by atoms with Gasteiger partial charge < -0.3 is 14.2 Å². The molecule has 2 aromatic rings. The largest absolute Gasteiger partial charge is 0.497 e. The smallest absolute Gasteiger partial charge is 0.231 e. The Morgan fingerprint density at radius 3 is 2.44 bits per heavy atom. The van der Waals surface area contributed by atoms with E-state index in [4.69, 9.17) is 14.2 Å². The monoisotopic (exact) mass is 242 g/mol. The zero-order valence-corrected chi connectivity index (χ0v) is 10.2. The third-order valence-corrected chi connectivity index (χ3v) is 3.00. The molecule has 92 valence electrons. The van der Waals surface area contributed by atoms with Gasteiger partial charge in [-0.05, 0) is 41.8 Å². The lowest BCUT2D eigenvalue weighted by Crippen LogP contribution is -1.93. The van der Waals surface area contributed by atoms with Crippen LogP contribution in [0.15, 0.2) is 42.5 Å². The first-order valence-electron chi connectivity index (χ1n) is 5.86. The van der Waals surface area contributed by atoms with E-state index >= 15 is 0 Å². The molecular weight excluding hydrogens is 228 g/mol. The number of hydrogen-bond donors (Lipinski definition) is 0. The van der Waals surface area contributed by atoms with Gasteiger partial charge in [-0.1, -0.05) is 18.2 Å². The van der Waals surface area contributed by atoms with Crippen LogP contribution in [0.5, 0.6) is 17.2 Å². The molecule has 3 heteroatoms. The van der Waals surface area contributed by atoms with Gasteiger partial charge in [-0.25, -0.2) is 0 Å². The maximum atomic E-state index is 5.37. The van der Waals surface area contributed by atoms with E-state index in [1.54, 1.807) is 7.11 Å². The summed E-state index contributed by atoms with van der Waals surface area (Å²) in [5.74, 6) is 2.54. The van der Waals surface area contributed by atoms with Crippen molar-refractivity contribution < 1.29 is 14.2 Å². The molecule has 0 aliphatic carbocycles. The highest BCUT2D eigenvalue weighted by atomic mass is 16.7. The molecule has 0 atom stereocenters. The van der Waals surface area contributed by atoms with Gasteiger partial charge in [0.2, 0.25) is 6.79 Å². The summed E-state index contributed by atoms with van der Waals surface area (Å²) in [6, 6.07) is 14.2. The van der Waals surface area contributed by atoms with Gasteiger partial charge in [-0.2, -0.15) is 0 Å². The molecule has 0 aromatic heterocycles. The van der Waals surface area contributed by atoms with Crippen LogP contribution in [0.25, 0.3) is 0 Å². The Labute approximate surface area is 106 Å². The molecule has 3 nitrogen and oxygen atoms in total. The van der Waals surface area contributed by atoms with E-state index in [1.165, 1.54) is 11.1 Å². The highest BCUT2D eigenvalue weighted by Gasteiger charge is 2.13. The van der Waals surface area contributed by atoms with Crippen LogP contribution in [-0.2, 0) is 6.42 Å². The molecular formula is C15H14O3. The van der Waals surface area contributed by atoms with Crippen molar-refractivity contribution >= 4 is 0 Å². The van der Waals surface area contributed by atoms with Crippen LogP contribution in [0, 0.1) is 0 Å². The Hall–Kier alpha value is -2.16. The summed E-state index contributed by atoms with van der Waals surface area (Å²) in [5.41, 5.74) is 2.46. The molecule has 0 fully saturated rings. The Kier molecular flexibility index (Phi) is 2.81. The number of benzene rings is 2. The van der Waals surface area contributed by atoms with E-state index in [-0.39, 0.29) is 0 Å². The van der Waals surface area contributed by atoms with Crippen molar-refractivity contribution in [2.75, 3.05) is 13.9 Å². The van der Waals surface area contributed by atoms with Crippen molar-refractivity contribution in [1.82, 2.24) is 0 Å². The fourth-order valence-corrected chi connectivity index (χ4v) is 2.03. The molecule has 0 radical (unpaired) electrons. The van der Waals surface area contributed by atoms with Crippen molar-refractivity contribution in [3.8, 4) is 17.2 Å². The third-order valence-electron chi connectivity index (χ3n) is 3.00. The minimum Gasteiger partial charge on any atom is -0.497 e. The van der Waals surface area contributed by atoms with Gasteiger partial charge in [0, 0.05) is 0 Å². The van der Waals surface area contributed by atoms with Crippen LogP contribution < -0.4 is 14.2 Å². The summed E-state index contributed by atoms with van der Waals surface area (Å²) in [7, 11) is 1.67. The lowest BCUT2D eigenvalue weighted by Gasteiger charge is -2.05. The number of ether oxygens (including phenoxy) is 3. The standard InChI is InChI=1S/C15H14O3/c1-16-13-5-2-11(3-6-13)8-12-4-7-14-15(9-12)18-10-17-14/h2-7,9H,8,10H2,1H3. The Morgan fingerprint density at radius 2 is 1.67 bits per heavy atom. The molecule has 1 aliphatic heterocycles. The van der Waals surface area contributed by atoms with Gasteiger partial charge in [-0.15, -0.1) is 0 Å². The molecule has 0 bridgehead atoms. The van der Waals surface area contributed by atoms with Gasteiger partial charge in [0.1, 0.15) is 5.75 Å². The summed E-state index contributed by atoms with van der Waals surface area (Å²) in [4.78, 5) is 0. The van der Waals surface area contributed by atoms with Crippen molar-refractivity contribution in [3.05, 3.63) is 53.6 Å². The minimum atomic E-state index is 0.321. The first-order chi connectivity index (χ1) is 8.85. The fraction of sp³-hybridized carbons (Fsp3) is 0.200. The first-order valence-corrected chi connectivity index (χ1v) is 5.86. The van der Waals surface area contributed by atoms with Gasteiger partial charge >= 0.3 is 0 Å². The molecule has 2 aromatic carbocycles. The predicted octanol–water partition coefficient (Wildman–Crippen LogP) is 3.01. The average Bonchev–Trinajstić information content (AvgIpc) is 2.87. The van der Waals surface area contributed by atoms with Crippen LogP contribution in [-0.4, -0.2) is 13.9 Å². The second kappa shape index (κ2) is 4.61. The maximum absolute atomic E-state index is 5.37. The van der Waals surface area contributed by atoms with E-state index in [2.05, 4.69) is 18.2 Å². The number of fused-ring (bicyclic) bond motifs is 1. The van der Waals surface area contributed by atoms with Gasteiger partial charge in [0.05, 0.1) is 7.11 Å². The molecule has 0 spiro atoms. The molecule has 0 amide bonds. The third kappa shape index (κ3) is 2.12. The first kappa shape index (κ1) is 11.0. The van der Waals surface area contributed by atoms with Crippen molar-refractivity contribution in [1.29, 1.82) is 0 Å². The zero-order chi connectivity index (χ0) is 12.4. The molecule has 0 N–H and O–H groups in total. The highest BCUT2D eigenvalue weighted by molar-refractivity contribution is 5.45. The number of methoxy groups -OCH3 is 1. The second-order valence-electron chi connectivity index (χ2n) is 4.21. The molecule has 1 heterocycles. The van der Waals surface area contributed by atoms with Crippen molar-refractivity contribution in [2.45, 2.75) is 6.42 Å². The number of hydrogen-bond acceptors (Lipinski definition) is 3. The van der Waals surface area contributed by atoms with Crippen molar-refractivity contribution in [2.24, 2.45) is 0 Å². The van der Waals surface area contributed by atoms with Crippen LogP contribution in [0.2, 0.25) is 0 Å². The fourth-order valence-electron chi connectivity index (χ4n) is 2.03. The van der Waals surface area contributed by atoms with Gasteiger partial charge in [0.15, 0.2) is 11.5 Å². The number of rotatable bonds is 3. The molecule has 18 heavy (non-hydrogen) atoms. The summed E-state index contributed by atoms with van der Waals surface area (Å²) in [6.45, 7) is 0.321. The second-order valence-corrected chi connectivity index (χ2v) is 4.21. The van der Waals surface area contributed by atoms with E-state index in [0.29, 0.717) is 6.79 Å². The normalized spacial score (nSPS) is 12.5. The van der Waals surface area contributed by atoms with E-state index in [1.807, 2.05) is 24.3 Å². The molecule has 1 aliphatic rings. The SMILES string of the molecule is COc1ccc(Cc2ccc3c(c2)OCO3)cc1. The highest BCUT2D eigenvalue weighted by Crippen LogP contribution is 2.33.